The number of aryl methyl sites for hydroxylation is 2. The van der Waals surface area contributed by atoms with Crippen LogP contribution in [-0.4, -0.2) is 13.9 Å². The van der Waals surface area contributed by atoms with Crippen molar-refractivity contribution in [2.24, 2.45) is 0 Å². The number of nitrogens with zero attached hydrogens (tertiary/aromatic N) is 1. The summed E-state index contributed by atoms with van der Waals surface area (Å²) in [4.78, 5) is 0. The molecule has 3 heteroatoms. The number of ether oxygens (including phenoxy) is 2. The normalized spacial score (nSPS) is 17.9. The molecule has 0 spiro atoms. The highest BCUT2D eigenvalue weighted by Gasteiger charge is 2.23. The van der Waals surface area contributed by atoms with E-state index < -0.39 is 0 Å². The predicted molar refractivity (Wildman–Crippen MR) is 60.4 cm³/mol. The van der Waals surface area contributed by atoms with E-state index in [-0.39, 0.29) is 12.7 Å². The zero-order valence-corrected chi connectivity index (χ0v) is 9.62. The van der Waals surface area contributed by atoms with Crippen LogP contribution in [0, 0.1) is 18.3 Å². The number of methoxy groups -OCH3 is 1. The summed E-state index contributed by atoms with van der Waals surface area (Å²) in [6.07, 6.45) is 1.93. The second-order valence-corrected chi connectivity index (χ2v) is 4.09. The lowest BCUT2D eigenvalue weighted by Crippen LogP contribution is -2.01. The summed E-state index contributed by atoms with van der Waals surface area (Å²) in [7, 11) is 1.60. The molecule has 16 heavy (non-hydrogen) atoms. The first kappa shape index (κ1) is 11.0. The highest BCUT2D eigenvalue weighted by atomic mass is 16.7. The molecule has 0 aliphatic heterocycles. The number of rotatable bonds is 3. The van der Waals surface area contributed by atoms with E-state index in [1.54, 1.807) is 7.11 Å². The monoisotopic (exact) mass is 217 g/mol. The average molecular weight is 217 g/mol. The van der Waals surface area contributed by atoms with Gasteiger partial charge in [0.1, 0.15) is 5.75 Å². The van der Waals surface area contributed by atoms with Crippen LogP contribution in [0.5, 0.6) is 5.75 Å². The van der Waals surface area contributed by atoms with Gasteiger partial charge in [0, 0.05) is 7.11 Å². The maximum atomic E-state index is 9.03. The van der Waals surface area contributed by atoms with Crippen molar-refractivity contribution in [3.63, 3.8) is 0 Å². The van der Waals surface area contributed by atoms with Crippen LogP contribution in [0.15, 0.2) is 12.1 Å². The molecule has 3 nitrogen and oxygen atoms in total. The Hall–Kier alpha value is -1.53. The third kappa shape index (κ3) is 1.89. The van der Waals surface area contributed by atoms with Crippen molar-refractivity contribution in [1.29, 1.82) is 5.26 Å². The van der Waals surface area contributed by atoms with Gasteiger partial charge in [0.15, 0.2) is 6.79 Å². The maximum Gasteiger partial charge on any atom is 0.188 e. The lowest BCUT2D eigenvalue weighted by atomic mass is 10.0. The molecule has 1 aliphatic rings. The van der Waals surface area contributed by atoms with Gasteiger partial charge in [0.05, 0.1) is 12.0 Å². The third-order valence-corrected chi connectivity index (χ3v) is 3.00. The zero-order chi connectivity index (χ0) is 11.5. The standard InChI is InChI=1S/C13H15NO2/c1-9-5-10-3-4-11(7-14)12(10)6-13(9)16-8-15-2/h5-6,11H,3-4,8H2,1-2H3. The molecule has 0 saturated carbocycles. The van der Waals surface area contributed by atoms with Crippen LogP contribution in [0.1, 0.15) is 29.0 Å². The quantitative estimate of drug-likeness (QED) is 0.730. The van der Waals surface area contributed by atoms with Gasteiger partial charge in [-0.2, -0.15) is 5.26 Å². The van der Waals surface area contributed by atoms with Gasteiger partial charge in [0.2, 0.25) is 0 Å². The van der Waals surface area contributed by atoms with Crippen LogP contribution < -0.4 is 4.74 Å². The molecule has 0 aromatic heterocycles. The van der Waals surface area contributed by atoms with Crippen molar-refractivity contribution in [3.05, 3.63) is 28.8 Å². The number of nitriles is 1. The molecule has 0 fully saturated rings. The first-order valence-corrected chi connectivity index (χ1v) is 5.41. The summed E-state index contributed by atoms with van der Waals surface area (Å²) in [6.45, 7) is 2.27. The second kappa shape index (κ2) is 4.54. The minimum atomic E-state index is 0.0282. The SMILES string of the molecule is COCOc1cc2c(cc1C)CCC2C#N. The first-order valence-electron chi connectivity index (χ1n) is 5.41. The van der Waals surface area contributed by atoms with Crippen molar-refractivity contribution in [2.75, 3.05) is 13.9 Å². The molecule has 0 radical (unpaired) electrons. The van der Waals surface area contributed by atoms with Crippen LogP contribution in [-0.2, 0) is 11.2 Å². The first-order chi connectivity index (χ1) is 7.76. The Balaban J connectivity index is 2.32. The average Bonchev–Trinajstić information content (AvgIpc) is 2.68. The van der Waals surface area contributed by atoms with Crippen LogP contribution in [0.3, 0.4) is 0 Å². The Labute approximate surface area is 95.6 Å². The van der Waals surface area contributed by atoms with Gasteiger partial charge in [-0.15, -0.1) is 0 Å². The van der Waals surface area contributed by atoms with Crippen LogP contribution >= 0.6 is 0 Å². The molecule has 0 bridgehead atoms. The van der Waals surface area contributed by atoms with Gasteiger partial charge in [-0.05, 0) is 42.5 Å². The lowest BCUT2D eigenvalue weighted by molar-refractivity contribution is 0.0506. The Morgan fingerprint density at radius 3 is 3.00 bits per heavy atom. The van der Waals surface area contributed by atoms with Crippen LogP contribution in [0.2, 0.25) is 0 Å². The molecule has 0 N–H and O–H groups in total. The summed E-state index contributed by atoms with van der Waals surface area (Å²) in [5, 5.41) is 9.03. The second-order valence-electron chi connectivity index (χ2n) is 4.09. The maximum absolute atomic E-state index is 9.03. The van der Waals surface area contributed by atoms with Gasteiger partial charge in [-0.25, -0.2) is 0 Å². The van der Waals surface area contributed by atoms with E-state index in [0.29, 0.717) is 0 Å². The van der Waals surface area contributed by atoms with Crippen molar-refractivity contribution in [3.8, 4) is 11.8 Å². The Morgan fingerprint density at radius 2 is 2.31 bits per heavy atom. The van der Waals surface area contributed by atoms with Crippen molar-refractivity contribution < 1.29 is 9.47 Å². The molecule has 1 aromatic rings. The Morgan fingerprint density at radius 1 is 1.50 bits per heavy atom. The number of hydrogen-bond acceptors (Lipinski definition) is 3. The van der Waals surface area contributed by atoms with Gasteiger partial charge < -0.3 is 9.47 Å². The number of benzene rings is 1. The molecule has 2 rings (SSSR count). The van der Waals surface area contributed by atoms with Crippen LogP contribution in [0.25, 0.3) is 0 Å². The molecule has 0 amide bonds. The van der Waals surface area contributed by atoms with E-state index in [1.807, 2.05) is 13.0 Å². The molecule has 84 valence electrons. The van der Waals surface area contributed by atoms with E-state index >= 15 is 0 Å². The topological polar surface area (TPSA) is 42.2 Å². The minimum Gasteiger partial charge on any atom is -0.467 e. The minimum absolute atomic E-state index is 0.0282. The number of fused-ring (bicyclic) bond motifs is 1. The fourth-order valence-electron chi connectivity index (χ4n) is 2.17. The van der Waals surface area contributed by atoms with Crippen LogP contribution in [0.4, 0.5) is 0 Å². The number of hydrogen-bond donors (Lipinski definition) is 0. The van der Waals surface area contributed by atoms with E-state index in [9.17, 15) is 0 Å². The molecule has 0 heterocycles. The molecule has 1 aromatic carbocycles. The highest BCUT2D eigenvalue weighted by molar-refractivity contribution is 5.47. The van der Waals surface area contributed by atoms with Gasteiger partial charge in [-0.1, -0.05) is 6.07 Å². The Kier molecular flexibility index (Phi) is 3.12. The van der Waals surface area contributed by atoms with E-state index in [4.69, 9.17) is 14.7 Å². The lowest BCUT2D eigenvalue weighted by Gasteiger charge is -2.11. The summed E-state index contributed by atoms with van der Waals surface area (Å²) in [5.74, 6) is 0.850. The molecule has 1 atom stereocenters. The molecule has 1 unspecified atom stereocenters. The van der Waals surface area contributed by atoms with Crippen molar-refractivity contribution >= 4 is 0 Å². The summed E-state index contributed by atoms with van der Waals surface area (Å²) in [6, 6.07) is 6.45. The molecule has 0 saturated heterocycles. The largest absolute Gasteiger partial charge is 0.467 e. The Bertz CT molecular complexity index is 434. The van der Waals surface area contributed by atoms with E-state index in [2.05, 4.69) is 12.1 Å². The summed E-state index contributed by atoms with van der Waals surface area (Å²) in [5.41, 5.74) is 3.52. The fourth-order valence-corrected chi connectivity index (χ4v) is 2.17. The molecular formula is C13H15NO2. The molecular weight excluding hydrogens is 202 g/mol. The smallest absolute Gasteiger partial charge is 0.188 e. The summed E-state index contributed by atoms with van der Waals surface area (Å²) >= 11 is 0. The fraction of sp³-hybridized carbons (Fsp3) is 0.462. The van der Waals surface area contributed by atoms with Crippen molar-refractivity contribution in [1.82, 2.24) is 0 Å². The zero-order valence-electron chi connectivity index (χ0n) is 9.62. The highest BCUT2D eigenvalue weighted by Crippen LogP contribution is 2.36. The van der Waals surface area contributed by atoms with E-state index in [0.717, 1.165) is 29.7 Å². The van der Waals surface area contributed by atoms with Gasteiger partial charge in [-0.3, -0.25) is 0 Å². The third-order valence-electron chi connectivity index (χ3n) is 3.00. The van der Waals surface area contributed by atoms with Gasteiger partial charge >= 0.3 is 0 Å². The predicted octanol–water partition coefficient (Wildman–Crippen LogP) is 2.53. The summed E-state index contributed by atoms with van der Waals surface area (Å²) < 4.78 is 10.4. The van der Waals surface area contributed by atoms with Gasteiger partial charge in [0.25, 0.3) is 0 Å². The van der Waals surface area contributed by atoms with E-state index in [1.165, 1.54) is 5.56 Å². The van der Waals surface area contributed by atoms with Crippen molar-refractivity contribution in [2.45, 2.75) is 25.7 Å². The molecule has 1 aliphatic carbocycles.